The molecule has 1 heterocycles. The Kier molecular flexibility index (Phi) is 5.72. The summed E-state index contributed by atoms with van der Waals surface area (Å²) in [5.74, 6) is -1.40. The van der Waals surface area contributed by atoms with Gasteiger partial charge in [0.05, 0.1) is 20.8 Å². The number of ketones is 1. The number of rotatable bonds is 5. The van der Waals surface area contributed by atoms with Crippen molar-refractivity contribution in [3.05, 3.63) is 35.0 Å². The number of ether oxygens (including phenoxy) is 3. The van der Waals surface area contributed by atoms with Crippen molar-refractivity contribution < 1.29 is 28.6 Å². The third-order valence-corrected chi connectivity index (χ3v) is 5.35. The molecule has 7 nitrogen and oxygen atoms in total. The lowest BCUT2D eigenvalue weighted by Crippen LogP contribution is -2.44. The van der Waals surface area contributed by atoms with Gasteiger partial charge in [-0.3, -0.25) is 14.4 Å². The van der Waals surface area contributed by atoms with Gasteiger partial charge in [0, 0.05) is 35.2 Å². The zero-order valence-electron chi connectivity index (χ0n) is 16.5. The highest BCUT2D eigenvalue weighted by Gasteiger charge is 2.46. The molecule has 0 spiro atoms. The maximum absolute atomic E-state index is 13.3. The summed E-state index contributed by atoms with van der Waals surface area (Å²) in [4.78, 5) is 38.1. The predicted octanol–water partition coefficient (Wildman–Crippen LogP) is 2.35. The molecule has 3 atom stereocenters. The quantitative estimate of drug-likeness (QED) is 0.616. The number of esters is 1. The minimum atomic E-state index is -0.861. The summed E-state index contributed by atoms with van der Waals surface area (Å²) >= 11 is 0. The maximum atomic E-state index is 13.3. The molecule has 1 aliphatic heterocycles. The molecule has 0 aromatic heterocycles. The van der Waals surface area contributed by atoms with Gasteiger partial charge in [-0.05, 0) is 25.3 Å². The highest BCUT2D eigenvalue weighted by atomic mass is 16.5. The van der Waals surface area contributed by atoms with Crippen molar-refractivity contribution in [1.29, 1.82) is 0 Å². The standard InChI is InChI=1S/C21H25NO6/c1-5-28-21(25)18-11(2)8-15-19(20(18)24)14(10-17(23)22-15)13-7-6-12(26-3)9-16(13)27-4/h6-7,9,11,14,18H,5,8,10H2,1-4H3,(H,22,23). The summed E-state index contributed by atoms with van der Waals surface area (Å²) in [6.07, 6.45) is 0.544. The summed E-state index contributed by atoms with van der Waals surface area (Å²) in [6, 6.07) is 5.29. The molecular weight excluding hydrogens is 362 g/mol. The molecule has 28 heavy (non-hydrogen) atoms. The Balaban J connectivity index is 2.08. The molecule has 150 valence electrons. The van der Waals surface area contributed by atoms with Gasteiger partial charge in [-0.1, -0.05) is 13.0 Å². The van der Waals surface area contributed by atoms with Crippen molar-refractivity contribution in [1.82, 2.24) is 5.32 Å². The smallest absolute Gasteiger partial charge is 0.317 e. The number of carbonyl (C=O) groups is 3. The van der Waals surface area contributed by atoms with Gasteiger partial charge in [0.1, 0.15) is 17.4 Å². The monoisotopic (exact) mass is 387 g/mol. The summed E-state index contributed by atoms with van der Waals surface area (Å²) in [5, 5.41) is 2.83. The molecule has 0 saturated heterocycles. The normalized spacial score (nSPS) is 24.4. The number of carbonyl (C=O) groups excluding carboxylic acids is 3. The maximum Gasteiger partial charge on any atom is 0.317 e. The molecule has 0 bridgehead atoms. The van der Waals surface area contributed by atoms with Crippen LogP contribution in [-0.2, 0) is 19.1 Å². The number of amides is 1. The summed E-state index contributed by atoms with van der Waals surface area (Å²) in [6.45, 7) is 3.76. The van der Waals surface area contributed by atoms with Gasteiger partial charge in [-0.15, -0.1) is 0 Å². The van der Waals surface area contributed by atoms with E-state index < -0.39 is 17.8 Å². The highest BCUT2D eigenvalue weighted by molar-refractivity contribution is 6.11. The Morgan fingerprint density at radius 2 is 1.93 bits per heavy atom. The molecule has 1 N–H and O–H groups in total. The number of methoxy groups -OCH3 is 2. The topological polar surface area (TPSA) is 90.9 Å². The Labute approximate surface area is 164 Å². The average Bonchev–Trinajstić information content (AvgIpc) is 2.66. The molecular formula is C21H25NO6. The number of nitrogens with one attached hydrogen (secondary N) is 1. The Morgan fingerprint density at radius 1 is 1.18 bits per heavy atom. The molecule has 1 aromatic carbocycles. The first kappa shape index (κ1) is 19.9. The lowest BCUT2D eigenvalue weighted by atomic mass is 9.70. The van der Waals surface area contributed by atoms with Crippen molar-refractivity contribution in [3.8, 4) is 11.5 Å². The van der Waals surface area contributed by atoms with Crippen LogP contribution in [0.3, 0.4) is 0 Å². The van der Waals surface area contributed by atoms with Crippen LogP contribution in [0.5, 0.6) is 11.5 Å². The molecule has 3 unspecified atom stereocenters. The van der Waals surface area contributed by atoms with Crippen LogP contribution in [0.4, 0.5) is 0 Å². The van der Waals surface area contributed by atoms with Crippen LogP contribution in [0.15, 0.2) is 29.5 Å². The third-order valence-electron chi connectivity index (χ3n) is 5.35. The van der Waals surface area contributed by atoms with Gasteiger partial charge in [0.2, 0.25) is 5.91 Å². The number of hydrogen-bond donors (Lipinski definition) is 1. The van der Waals surface area contributed by atoms with Crippen LogP contribution in [-0.4, -0.2) is 38.5 Å². The van der Waals surface area contributed by atoms with E-state index in [-0.39, 0.29) is 30.6 Å². The van der Waals surface area contributed by atoms with E-state index in [0.29, 0.717) is 29.2 Å². The van der Waals surface area contributed by atoms with Gasteiger partial charge in [-0.2, -0.15) is 0 Å². The minimum absolute atomic E-state index is 0.108. The number of hydrogen-bond acceptors (Lipinski definition) is 6. The zero-order valence-corrected chi connectivity index (χ0v) is 16.5. The van der Waals surface area contributed by atoms with Gasteiger partial charge in [0.25, 0.3) is 0 Å². The lowest BCUT2D eigenvalue weighted by molar-refractivity contribution is -0.153. The molecule has 3 rings (SSSR count). The summed E-state index contributed by atoms with van der Waals surface area (Å²) < 4.78 is 15.9. The van der Waals surface area contributed by atoms with Crippen LogP contribution in [0, 0.1) is 11.8 Å². The van der Waals surface area contributed by atoms with Gasteiger partial charge < -0.3 is 19.5 Å². The number of Topliss-reactive ketones (excluding diaryl/α,β-unsaturated/α-hetero) is 1. The minimum Gasteiger partial charge on any atom is -0.497 e. The van der Waals surface area contributed by atoms with E-state index in [1.165, 1.54) is 7.11 Å². The molecule has 0 saturated carbocycles. The van der Waals surface area contributed by atoms with Crippen molar-refractivity contribution in [3.63, 3.8) is 0 Å². The predicted molar refractivity (Wildman–Crippen MR) is 101 cm³/mol. The first-order valence-corrected chi connectivity index (χ1v) is 9.36. The largest absolute Gasteiger partial charge is 0.497 e. The second-order valence-electron chi connectivity index (χ2n) is 7.08. The third kappa shape index (κ3) is 3.48. The van der Waals surface area contributed by atoms with Crippen molar-refractivity contribution >= 4 is 17.7 Å². The second kappa shape index (κ2) is 8.04. The van der Waals surface area contributed by atoms with Crippen LogP contribution in [0.2, 0.25) is 0 Å². The Bertz CT molecular complexity index is 843. The molecule has 1 aromatic rings. The van der Waals surface area contributed by atoms with Gasteiger partial charge in [-0.25, -0.2) is 0 Å². The number of benzene rings is 1. The summed E-state index contributed by atoms with van der Waals surface area (Å²) in [7, 11) is 3.09. The zero-order chi connectivity index (χ0) is 20.4. The molecule has 0 fully saturated rings. The van der Waals surface area contributed by atoms with E-state index in [1.54, 1.807) is 32.2 Å². The van der Waals surface area contributed by atoms with Gasteiger partial charge >= 0.3 is 5.97 Å². The Hall–Kier alpha value is -2.83. The second-order valence-corrected chi connectivity index (χ2v) is 7.08. The first-order valence-electron chi connectivity index (χ1n) is 9.36. The fraction of sp³-hybridized carbons (Fsp3) is 0.476. The van der Waals surface area contributed by atoms with Gasteiger partial charge in [0.15, 0.2) is 5.78 Å². The van der Waals surface area contributed by atoms with E-state index in [1.807, 2.05) is 6.92 Å². The van der Waals surface area contributed by atoms with E-state index in [2.05, 4.69) is 5.32 Å². The van der Waals surface area contributed by atoms with E-state index in [4.69, 9.17) is 14.2 Å². The molecule has 1 aliphatic carbocycles. The fourth-order valence-corrected chi connectivity index (χ4v) is 4.07. The SMILES string of the molecule is CCOC(=O)C1C(=O)C2=C(CC1C)NC(=O)CC2c1ccc(OC)cc1OC. The van der Waals surface area contributed by atoms with Crippen LogP contribution < -0.4 is 14.8 Å². The average molecular weight is 387 g/mol. The molecule has 0 radical (unpaired) electrons. The summed E-state index contributed by atoms with van der Waals surface area (Å²) in [5.41, 5.74) is 1.78. The van der Waals surface area contributed by atoms with E-state index in [0.717, 1.165) is 5.56 Å². The van der Waals surface area contributed by atoms with E-state index in [9.17, 15) is 14.4 Å². The van der Waals surface area contributed by atoms with Crippen molar-refractivity contribution in [2.75, 3.05) is 20.8 Å². The molecule has 7 heteroatoms. The highest BCUT2D eigenvalue weighted by Crippen LogP contribution is 2.45. The van der Waals surface area contributed by atoms with Crippen molar-refractivity contribution in [2.45, 2.75) is 32.6 Å². The molecule has 1 amide bonds. The molecule has 2 aliphatic rings. The van der Waals surface area contributed by atoms with E-state index >= 15 is 0 Å². The Morgan fingerprint density at radius 3 is 2.57 bits per heavy atom. The van der Waals surface area contributed by atoms with Crippen LogP contribution in [0.1, 0.15) is 38.2 Å². The fourth-order valence-electron chi connectivity index (χ4n) is 4.07. The van der Waals surface area contributed by atoms with Crippen molar-refractivity contribution in [2.24, 2.45) is 11.8 Å². The number of allylic oxidation sites excluding steroid dienone is 2. The first-order chi connectivity index (χ1) is 13.4. The van der Waals surface area contributed by atoms with Crippen LogP contribution in [0.25, 0.3) is 0 Å². The lowest BCUT2D eigenvalue weighted by Gasteiger charge is -2.36. The van der Waals surface area contributed by atoms with Crippen LogP contribution >= 0.6 is 0 Å².